The molecule has 1 aromatic carbocycles. The molecule has 1 aromatic heterocycles. The second-order valence-electron chi connectivity index (χ2n) is 4.40. The molecule has 1 aliphatic heterocycles. The lowest BCUT2D eigenvalue weighted by Crippen LogP contribution is -2.26. The number of amidine groups is 1. The standard InChI is InChI=1S/C14H14N4OS/c19-13(17-14-15-6-7-20-14)12-8-16-18(10-12)9-11-4-2-1-3-5-11/h1-5,8,10H,6-7,9H2,(H,15,17,19). The van der Waals surface area contributed by atoms with Gasteiger partial charge in [-0.1, -0.05) is 42.1 Å². The quantitative estimate of drug-likeness (QED) is 0.935. The highest BCUT2D eigenvalue weighted by Crippen LogP contribution is 2.10. The van der Waals surface area contributed by atoms with Gasteiger partial charge < -0.3 is 5.32 Å². The van der Waals surface area contributed by atoms with Crippen molar-refractivity contribution in [2.24, 2.45) is 4.99 Å². The van der Waals surface area contributed by atoms with Crippen LogP contribution in [0.1, 0.15) is 15.9 Å². The molecule has 6 heteroatoms. The Morgan fingerprint density at radius 1 is 1.35 bits per heavy atom. The maximum Gasteiger partial charge on any atom is 0.260 e. The molecule has 0 fully saturated rings. The Bertz CT molecular complexity index is 636. The van der Waals surface area contributed by atoms with Crippen molar-refractivity contribution in [2.45, 2.75) is 6.54 Å². The molecule has 0 bridgehead atoms. The van der Waals surface area contributed by atoms with Crippen LogP contribution >= 0.6 is 11.8 Å². The van der Waals surface area contributed by atoms with E-state index in [9.17, 15) is 4.79 Å². The van der Waals surface area contributed by atoms with Crippen molar-refractivity contribution in [3.8, 4) is 0 Å². The summed E-state index contributed by atoms with van der Waals surface area (Å²) in [6.07, 6.45) is 3.33. The van der Waals surface area contributed by atoms with Gasteiger partial charge in [0.25, 0.3) is 5.91 Å². The molecule has 0 unspecified atom stereocenters. The predicted octanol–water partition coefficient (Wildman–Crippen LogP) is 1.76. The fourth-order valence-corrected chi connectivity index (χ4v) is 2.64. The van der Waals surface area contributed by atoms with Crippen LogP contribution in [0, 0.1) is 0 Å². The molecule has 0 saturated heterocycles. The van der Waals surface area contributed by atoms with Gasteiger partial charge in [0.05, 0.1) is 24.8 Å². The van der Waals surface area contributed by atoms with E-state index in [1.165, 1.54) is 0 Å². The Labute approximate surface area is 121 Å². The molecule has 1 aliphatic rings. The Morgan fingerprint density at radius 3 is 2.95 bits per heavy atom. The Morgan fingerprint density at radius 2 is 2.20 bits per heavy atom. The summed E-state index contributed by atoms with van der Waals surface area (Å²) in [6.45, 7) is 1.43. The molecule has 1 N–H and O–H groups in total. The zero-order valence-corrected chi connectivity index (χ0v) is 11.6. The van der Waals surface area contributed by atoms with Crippen molar-refractivity contribution in [1.82, 2.24) is 15.1 Å². The molecule has 0 saturated carbocycles. The highest BCUT2D eigenvalue weighted by Gasteiger charge is 2.14. The predicted molar refractivity (Wildman–Crippen MR) is 80.0 cm³/mol. The number of benzene rings is 1. The van der Waals surface area contributed by atoms with Gasteiger partial charge in [0.1, 0.15) is 0 Å². The molecule has 0 atom stereocenters. The average Bonchev–Trinajstić information content (AvgIpc) is 3.11. The highest BCUT2D eigenvalue weighted by atomic mass is 32.2. The number of carbonyl (C=O) groups is 1. The van der Waals surface area contributed by atoms with E-state index in [0.29, 0.717) is 17.3 Å². The van der Waals surface area contributed by atoms with Crippen molar-refractivity contribution >= 4 is 22.8 Å². The first-order valence-corrected chi connectivity index (χ1v) is 7.35. The van der Waals surface area contributed by atoms with E-state index in [1.54, 1.807) is 28.8 Å². The summed E-state index contributed by atoms with van der Waals surface area (Å²) in [4.78, 5) is 16.2. The lowest BCUT2D eigenvalue weighted by atomic mass is 10.2. The van der Waals surface area contributed by atoms with Crippen LogP contribution in [0.15, 0.2) is 47.7 Å². The molecule has 0 radical (unpaired) electrons. The van der Waals surface area contributed by atoms with E-state index in [2.05, 4.69) is 15.4 Å². The zero-order chi connectivity index (χ0) is 13.8. The summed E-state index contributed by atoms with van der Waals surface area (Å²) in [7, 11) is 0. The summed E-state index contributed by atoms with van der Waals surface area (Å²) in [5.74, 6) is 0.778. The van der Waals surface area contributed by atoms with Gasteiger partial charge in [0.2, 0.25) is 0 Å². The van der Waals surface area contributed by atoms with Crippen molar-refractivity contribution in [3.63, 3.8) is 0 Å². The van der Waals surface area contributed by atoms with Gasteiger partial charge in [-0.05, 0) is 5.56 Å². The summed E-state index contributed by atoms with van der Waals surface area (Å²) in [6, 6.07) is 10.0. The molecule has 0 spiro atoms. The fourth-order valence-electron chi connectivity index (χ4n) is 1.92. The molecule has 1 amide bonds. The largest absolute Gasteiger partial charge is 0.301 e. The number of hydrogen-bond acceptors (Lipinski definition) is 4. The number of hydrogen-bond donors (Lipinski definition) is 1. The van der Waals surface area contributed by atoms with Gasteiger partial charge in [-0.2, -0.15) is 5.10 Å². The molecule has 0 aliphatic carbocycles. The zero-order valence-electron chi connectivity index (χ0n) is 10.8. The summed E-state index contributed by atoms with van der Waals surface area (Å²) < 4.78 is 1.76. The van der Waals surface area contributed by atoms with Crippen LogP contribution in [0.4, 0.5) is 0 Å². The van der Waals surface area contributed by atoms with Gasteiger partial charge in [-0.25, -0.2) is 0 Å². The van der Waals surface area contributed by atoms with Crippen LogP contribution in [-0.2, 0) is 6.54 Å². The van der Waals surface area contributed by atoms with E-state index < -0.39 is 0 Å². The first kappa shape index (κ1) is 12.9. The minimum absolute atomic E-state index is 0.155. The van der Waals surface area contributed by atoms with Crippen LogP contribution < -0.4 is 5.32 Å². The molecule has 102 valence electrons. The Hall–Kier alpha value is -2.08. The number of rotatable bonds is 3. The minimum Gasteiger partial charge on any atom is -0.301 e. The smallest absolute Gasteiger partial charge is 0.260 e. The number of carbonyl (C=O) groups excluding carboxylic acids is 1. The third-order valence-electron chi connectivity index (χ3n) is 2.89. The molecular weight excluding hydrogens is 272 g/mol. The summed E-state index contributed by atoms with van der Waals surface area (Å²) in [5, 5.41) is 7.71. The summed E-state index contributed by atoms with van der Waals surface area (Å²) >= 11 is 1.57. The topological polar surface area (TPSA) is 59.3 Å². The summed E-state index contributed by atoms with van der Waals surface area (Å²) in [5.41, 5.74) is 1.70. The normalized spacial score (nSPS) is 14.1. The monoisotopic (exact) mass is 286 g/mol. The first-order valence-electron chi connectivity index (χ1n) is 6.36. The van der Waals surface area contributed by atoms with E-state index >= 15 is 0 Å². The maximum atomic E-state index is 12.0. The van der Waals surface area contributed by atoms with Crippen LogP contribution in [0.5, 0.6) is 0 Å². The van der Waals surface area contributed by atoms with Crippen molar-refractivity contribution in [2.75, 3.05) is 12.3 Å². The second kappa shape index (κ2) is 5.92. The number of aromatic nitrogens is 2. The second-order valence-corrected chi connectivity index (χ2v) is 5.49. The molecule has 5 nitrogen and oxygen atoms in total. The first-order chi connectivity index (χ1) is 9.81. The van der Waals surface area contributed by atoms with Gasteiger partial charge in [0.15, 0.2) is 5.17 Å². The van der Waals surface area contributed by atoms with Gasteiger partial charge in [0, 0.05) is 11.9 Å². The van der Waals surface area contributed by atoms with E-state index in [0.717, 1.165) is 17.9 Å². The molecule has 2 aromatic rings. The number of thioether (sulfide) groups is 1. The van der Waals surface area contributed by atoms with E-state index in [1.807, 2.05) is 30.3 Å². The van der Waals surface area contributed by atoms with Gasteiger partial charge >= 0.3 is 0 Å². The van der Waals surface area contributed by atoms with Gasteiger partial charge in [-0.15, -0.1) is 0 Å². The minimum atomic E-state index is -0.155. The number of aliphatic imine (C=N–C) groups is 1. The molecule has 2 heterocycles. The number of nitrogens with zero attached hydrogens (tertiary/aromatic N) is 3. The molecular formula is C14H14N4OS. The van der Waals surface area contributed by atoms with Crippen molar-refractivity contribution in [1.29, 1.82) is 0 Å². The van der Waals surface area contributed by atoms with Crippen molar-refractivity contribution in [3.05, 3.63) is 53.9 Å². The third kappa shape index (κ3) is 3.08. The maximum absolute atomic E-state index is 12.0. The Balaban J connectivity index is 1.65. The number of nitrogens with one attached hydrogen (secondary N) is 1. The van der Waals surface area contributed by atoms with E-state index in [4.69, 9.17) is 0 Å². The van der Waals surface area contributed by atoms with E-state index in [-0.39, 0.29) is 5.91 Å². The van der Waals surface area contributed by atoms with Crippen LogP contribution in [0.3, 0.4) is 0 Å². The molecule has 20 heavy (non-hydrogen) atoms. The van der Waals surface area contributed by atoms with Crippen LogP contribution in [0.25, 0.3) is 0 Å². The fraction of sp³-hybridized carbons (Fsp3) is 0.214. The van der Waals surface area contributed by atoms with Crippen molar-refractivity contribution < 1.29 is 4.79 Å². The Kier molecular flexibility index (Phi) is 3.83. The number of amides is 1. The van der Waals surface area contributed by atoms with Gasteiger partial charge in [-0.3, -0.25) is 14.5 Å². The SMILES string of the molecule is O=C(NC1=NCCS1)c1cnn(Cc2ccccc2)c1. The third-order valence-corrected chi connectivity index (χ3v) is 3.78. The van der Waals surface area contributed by atoms with Crippen LogP contribution in [-0.4, -0.2) is 33.2 Å². The highest BCUT2D eigenvalue weighted by molar-refractivity contribution is 8.14. The average molecular weight is 286 g/mol. The lowest BCUT2D eigenvalue weighted by Gasteiger charge is -2.02. The molecule has 3 rings (SSSR count). The lowest BCUT2D eigenvalue weighted by molar-refractivity contribution is 0.0978. The van der Waals surface area contributed by atoms with Crippen LogP contribution in [0.2, 0.25) is 0 Å².